The molecule has 1 amide bonds. The number of aromatic nitrogens is 3. The molecule has 0 unspecified atom stereocenters. The number of ether oxygens (including phenoxy) is 1. The van der Waals surface area contributed by atoms with Crippen molar-refractivity contribution in [1.29, 1.82) is 0 Å². The summed E-state index contributed by atoms with van der Waals surface area (Å²) in [6, 6.07) is 2.64. The minimum Gasteiger partial charge on any atom is -0.439 e. The topological polar surface area (TPSA) is 63.5 Å². The Labute approximate surface area is 264 Å². The molecular formula is C33H39F6N5O2. The van der Waals surface area contributed by atoms with Crippen LogP contribution in [0.2, 0.25) is 0 Å². The van der Waals surface area contributed by atoms with Gasteiger partial charge in [0.2, 0.25) is 0 Å². The number of nitrogens with zero attached hydrogens (tertiary/aromatic N) is 5. The van der Waals surface area contributed by atoms with Crippen LogP contribution in [0.25, 0.3) is 11.1 Å². The molecule has 2 aromatic heterocycles. The van der Waals surface area contributed by atoms with E-state index in [2.05, 4.69) is 23.8 Å². The lowest BCUT2D eigenvalue weighted by Gasteiger charge is -2.36. The van der Waals surface area contributed by atoms with Gasteiger partial charge in [0, 0.05) is 48.2 Å². The monoisotopic (exact) mass is 651 g/mol. The maximum Gasteiger partial charge on any atom is 0.416 e. The number of rotatable bonds is 9. The second-order valence-corrected chi connectivity index (χ2v) is 12.6. The highest BCUT2D eigenvalue weighted by Crippen LogP contribution is 2.42. The molecule has 1 aromatic carbocycles. The van der Waals surface area contributed by atoms with E-state index < -0.39 is 41.7 Å². The van der Waals surface area contributed by atoms with Crippen molar-refractivity contribution in [3.8, 4) is 11.1 Å². The lowest BCUT2D eigenvalue weighted by atomic mass is 9.93. The van der Waals surface area contributed by atoms with E-state index in [9.17, 15) is 31.1 Å². The third-order valence-electron chi connectivity index (χ3n) is 8.76. The van der Waals surface area contributed by atoms with Crippen LogP contribution in [0.15, 0.2) is 42.9 Å². The van der Waals surface area contributed by atoms with Crippen LogP contribution in [0, 0.1) is 5.92 Å². The molecule has 3 heterocycles. The van der Waals surface area contributed by atoms with Gasteiger partial charge in [-0.1, -0.05) is 33.1 Å². The maximum absolute atomic E-state index is 13.6. The van der Waals surface area contributed by atoms with Gasteiger partial charge in [-0.15, -0.1) is 0 Å². The van der Waals surface area contributed by atoms with Crippen molar-refractivity contribution < 1.29 is 35.9 Å². The molecule has 2 fully saturated rings. The van der Waals surface area contributed by atoms with E-state index in [1.165, 1.54) is 4.90 Å². The summed E-state index contributed by atoms with van der Waals surface area (Å²) in [6.07, 6.45) is -1.41. The van der Waals surface area contributed by atoms with Crippen LogP contribution in [0.3, 0.4) is 0 Å². The van der Waals surface area contributed by atoms with Crippen LogP contribution >= 0.6 is 0 Å². The van der Waals surface area contributed by atoms with Crippen molar-refractivity contribution in [3.05, 3.63) is 65.1 Å². The third kappa shape index (κ3) is 7.28. The number of carbonyl (C=O) groups excluding carboxylic acids is 1. The van der Waals surface area contributed by atoms with Crippen LogP contribution in [0.4, 0.5) is 37.0 Å². The van der Waals surface area contributed by atoms with Gasteiger partial charge in [0.1, 0.15) is 11.9 Å². The van der Waals surface area contributed by atoms with Crippen LogP contribution in [-0.2, 0) is 30.2 Å². The van der Waals surface area contributed by atoms with Crippen molar-refractivity contribution in [2.75, 3.05) is 11.4 Å². The fraction of sp³-hybridized carbons (Fsp3) is 0.545. The Bertz CT molecular complexity index is 1500. The van der Waals surface area contributed by atoms with E-state index in [4.69, 9.17) is 9.72 Å². The summed E-state index contributed by atoms with van der Waals surface area (Å²) >= 11 is 0. The molecule has 0 N–H and O–H groups in total. The fourth-order valence-electron chi connectivity index (χ4n) is 6.48. The summed E-state index contributed by atoms with van der Waals surface area (Å²) in [7, 11) is 0. The van der Waals surface area contributed by atoms with E-state index in [1.807, 2.05) is 23.9 Å². The first kappa shape index (κ1) is 33.6. The average molecular weight is 652 g/mol. The molecular weight excluding hydrogens is 612 g/mol. The summed E-state index contributed by atoms with van der Waals surface area (Å²) < 4.78 is 89.0. The molecule has 2 atom stereocenters. The Hall–Kier alpha value is -3.77. The molecule has 0 bridgehead atoms. The molecule has 2 aliphatic rings. The SMILES string of the molecule is CCN(c1ncc(-c2cnn(CC(C)C)c2)cc1CN1C(=O)O[C@H](c2cc(C(F)(F)F)cc(C(F)(F)F)c2)[C@@H]1C)C1CCCCC1. The molecule has 3 aromatic rings. The Morgan fingerprint density at radius 1 is 0.957 bits per heavy atom. The standard InChI is InChI=1S/C33H39F6N5O2/c1-5-43(28-9-7-6-8-10-28)30-24(11-23(15-40-30)25-16-41-42(18-25)17-20(2)3)19-44-21(4)29(46-31(44)45)22-12-26(32(34,35)36)14-27(13-22)33(37,38)39/h11-16,18,20-21,28-29H,5-10,17,19H2,1-4H3/t21-,29-/m0/s1. The maximum atomic E-state index is 13.6. The summed E-state index contributed by atoms with van der Waals surface area (Å²) in [5, 5.41) is 4.46. The first-order valence-electron chi connectivity index (χ1n) is 15.7. The van der Waals surface area contributed by atoms with Gasteiger partial charge >= 0.3 is 18.4 Å². The predicted octanol–water partition coefficient (Wildman–Crippen LogP) is 8.88. The predicted molar refractivity (Wildman–Crippen MR) is 161 cm³/mol. The molecule has 0 spiro atoms. The highest BCUT2D eigenvalue weighted by molar-refractivity contribution is 5.72. The molecule has 250 valence electrons. The number of halogens is 6. The summed E-state index contributed by atoms with van der Waals surface area (Å²) in [5.74, 6) is 1.08. The third-order valence-corrected chi connectivity index (χ3v) is 8.76. The van der Waals surface area contributed by atoms with E-state index in [1.54, 1.807) is 19.3 Å². The lowest BCUT2D eigenvalue weighted by Crippen LogP contribution is -2.39. The number of cyclic esters (lactones) is 1. The Morgan fingerprint density at radius 3 is 2.20 bits per heavy atom. The first-order valence-corrected chi connectivity index (χ1v) is 15.7. The van der Waals surface area contributed by atoms with Gasteiger partial charge in [-0.25, -0.2) is 9.78 Å². The van der Waals surface area contributed by atoms with Crippen LogP contribution in [0.5, 0.6) is 0 Å². The van der Waals surface area contributed by atoms with Gasteiger partial charge in [-0.2, -0.15) is 31.4 Å². The molecule has 5 rings (SSSR count). The van der Waals surface area contributed by atoms with E-state index >= 15 is 0 Å². The molecule has 7 nitrogen and oxygen atoms in total. The minimum atomic E-state index is -5.02. The highest BCUT2D eigenvalue weighted by atomic mass is 19.4. The quantitative estimate of drug-likeness (QED) is 0.216. The first-order chi connectivity index (χ1) is 21.7. The number of carbonyl (C=O) groups is 1. The fourth-order valence-corrected chi connectivity index (χ4v) is 6.48. The molecule has 1 aliphatic carbocycles. The van der Waals surface area contributed by atoms with Crippen LogP contribution in [-0.4, -0.2) is 44.4 Å². The highest BCUT2D eigenvalue weighted by Gasteiger charge is 2.43. The number of benzene rings is 1. The van der Waals surface area contributed by atoms with E-state index in [0.717, 1.165) is 49.8 Å². The molecule has 0 radical (unpaired) electrons. The lowest BCUT2D eigenvalue weighted by molar-refractivity contribution is -0.143. The Morgan fingerprint density at radius 2 is 1.61 bits per heavy atom. The number of hydrogen-bond donors (Lipinski definition) is 0. The zero-order valence-electron chi connectivity index (χ0n) is 26.3. The van der Waals surface area contributed by atoms with Crippen LogP contribution < -0.4 is 4.90 Å². The summed E-state index contributed by atoms with van der Waals surface area (Å²) in [6.45, 7) is 9.19. The molecule has 1 saturated carbocycles. The van der Waals surface area contributed by atoms with Crippen molar-refractivity contribution in [2.24, 2.45) is 5.92 Å². The van der Waals surface area contributed by atoms with Crippen molar-refractivity contribution in [2.45, 2.75) is 103 Å². The van der Waals surface area contributed by atoms with Gasteiger partial charge in [-0.05, 0) is 62.4 Å². The van der Waals surface area contributed by atoms with E-state index in [0.29, 0.717) is 36.0 Å². The largest absolute Gasteiger partial charge is 0.439 e. The number of hydrogen-bond acceptors (Lipinski definition) is 5. The second-order valence-electron chi connectivity index (χ2n) is 12.6. The molecule has 13 heteroatoms. The van der Waals surface area contributed by atoms with Gasteiger partial charge < -0.3 is 9.64 Å². The summed E-state index contributed by atoms with van der Waals surface area (Å²) in [4.78, 5) is 21.7. The molecule has 1 aliphatic heterocycles. The number of pyridine rings is 1. The smallest absolute Gasteiger partial charge is 0.416 e. The zero-order valence-corrected chi connectivity index (χ0v) is 26.3. The van der Waals surface area contributed by atoms with Crippen molar-refractivity contribution in [3.63, 3.8) is 0 Å². The van der Waals surface area contributed by atoms with Gasteiger partial charge in [0.05, 0.1) is 29.9 Å². The van der Waals surface area contributed by atoms with Crippen molar-refractivity contribution >= 4 is 11.9 Å². The number of amides is 1. The van der Waals surface area contributed by atoms with Gasteiger partial charge in [0.15, 0.2) is 0 Å². The molecule has 1 saturated heterocycles. The van der Waals surface area contributed by atoms with Crippen LogP contribution in [0.1, 0.15) is 88.2 Å². The number of anilines is 1. The normalized spacial score (nSPS) is 19.6. The molecule has 46 heavy (non-hydrogen) atoms. The van der Waals surface area contributed by atoms with Gasteiger partial charge in [-0.3, -0.25) is 9.58 Å². The Balaban J connectivity index is 1.51. The zero-order chi connectivity index (χ0) is 33.4. The second kappa shape index (κ2) is 13.2. The van der Waals surface area contributed by atoms with Gasteiger partial charge in [0.25, 0.3) is 0 Å². The number of alkyl halides is 6. The summed E-state index contributed by atoms with van der Waals surface area (Å²) in [5.41, 5.74) is -0.971. The van der Waals surface area contributed by atoms with Crippen molar-refractivity contribution in [1.82, 2.24) is 19.7 Å². The van der Waals surface area contributed by atoms with E-state index in [-0.39, 0.29) is 24.2 Å². The average Bonchev–Trinajstić information content (AvgIpc) is 3.57. The Kier molecular flexibility index (Phi) is 9.60. The minimum absolute atomic E-state index is 0.00111.